The maximum Gasteiger partial charge on any atom is 0.251 e. The van der Waals surface area contributed by atoms with Crippen LogP contribution < -0.4 is 10.6 Å². The summed E-state index contributed by atoms with van der Waals surface area (Å²) in [6.45, 7) is 2.24. The Labute approximate surface area is 175 Å². The van der Waals surface area contributed by atoms with Crippen molar-refractivity contribution >= 4 is 27.5 Å². The first-order chi connectivity index (χ1) is 14.2. The summed E-state index contributed by atoms with van der Waals surface area (Å²) in [7, 11) is -2.19. The average molecular weight is 434 g/mol. The second kappa shape index (κ2) is 8.93. The molecule has 0 atom stereocenters. The van der Waals surface area contributed by atoms with Crippen molar-refractivity contribution in [3.63, 3.8) is 0 Å². The molecule has 1 aliphatic rings. The molecule has 160 valence electrons. The van der Waals surface area contributed by atoms with Gasteiger partial charge in [-0.2, -0.15) is 4.31 Å². The SMILES string of the molecule is CNC(=O)c1ccc(C)c(NC(=O)C2CCN(S(=O)(=O)c3ccc(F)cc3)CC2)c1. The first-order valence-corrected chi connectivity index (χ1v) is 11.1. The lowest BCUT2D eigenvalue weighted by atomic mass is 9.97. The van der Waals surface area contributed by atoms with Crippen molar-refractivity contribution in [3.8, 4) is 0 Å². The number of piperidine rings is 1. The molecule has 0 radical (unpaired) electrons. The number of sulfonamides is 1. The third-order valence-corrected chi connectivity index (χ3v) is 7.17. The molecule has 7 nitrogen and oxygen atoms in total. The predicted molar refractivity (Wildman–Crippen MR) is 111 cm³/mol. The van der Waals surface area contributed by atoms with Gasteiger partial charge < -0.3 is 10.6 Å². The molecule has 0 aromatic heterocycles. The van der Waals surface area contributed by atoms with Crippen molar-refractivity contribution < 1.29 is 22.4 Å². The molecule has 1 saturated heterocycles. The Hall–Kier alpha value is -2.78. The maximum atomic E-state index is 13.1. The summed E-state index contributed by atoms with van der Waals surface area (Å²) in [5.41, 5.74) is 1.83. The predicted octanol–water partition coefficient (Wildman–Crippen LogP) is 2.53. The number of benzene rings is 2. The number of hydrogen-bond donors (Lipinski definition) is 2. The topological polar surface area (TPSA) is 95.6 Å². The van der Waals surface area contributed by atoms with Crippen LogP contribution in [0.25, 0.3) is 0 Å². The summed E-state index contributed by atoms with van der Waals surface area (Å²) in [5, 5.41) is 5.41. The van der Waals surface area contributed by atoms with E-state index in [1.54, 1.807) is 18.2 Å². The van der Waals surface area contributed by atoms with E-state index in [2.05, 4.69) is 10.6 Å². The summed E-state index contributed by atoms with van der Waals surface area (Å²) in [4.78, 5) is 24.6. The number of carbonyl (C=O) groups excluding carboxylic acids is 2. The lowest BCUT2D eigenvalue weighted by Gasteiger charge is -2.30. The normalized spacial score (nSPS) is 15.6. The van der Waals surface area contributed by atoms with E-state index in [9.17, 15) is 22.4 Å². The quantitative estimate of drug-likeness (QED) is 0.758. The molecule has 2 aromatic rings. The molecular weight excluding hydrogens is 409 g/mol. The highest BCUT2D eigenvalue weighted by molar-refractivity contribution is 7.89. The van der Waals surface area contributed by atoms with E-state index >= 15 is 0 Å². The van der Waals surface area contributed by atoms with Gasteiger partial charge in [0.25, 0.3) is 5.91 Å². The van der Waals surface area contributed by atoms with Crippen molar-refractivity contribution in [2.75, 3.05) is 25.5 Å². The van der Waals surface area contributed by atoms with Crippen molar-refractivity contribution in [3.05, 3.63) is 59.4 Å². The molecule has 9 heteroatoms. The van der Waals surface area contributed by atoms with Crippen molar-refractivity contribution in [1.29, 1.82) is 0 Å². The van der Waals surface area contributed by atoms with Gasteiger partial charge in [-0.25, -0.2) is 12.8 Å². The Kier molecular flexibility index (Phi) is 6.52. The fourth-order valence-corrected chi connectivity index (χ4v) is 4.86. The molecular formula is C21H24FN3O4S. The molecule has 2 N–H and O–H groups in total. The Balaban J connectivity index is 1.64. The van der Waals surface area contributed by atoms with E-state index in [0.29, 0.717) is 24.1 Å². The first-order valence-electron chi connectivity index (χ1n) is 9.61. The third-order valence-electron chi connectivity index (χ3n) is 5.26. The van der Waals surface area contributed by atoms with Crippen LogP contribution in [0.3, 0.4) is 0 Å². The van der Waals surface area contributed by atoms with E-state index in [1.165, 1.54) is 23.5 Å². The number of nitrogens with one attached hydrogen (secondary N) is 2. The Morgan fingerprint density at radius 2 is 1.70 bits per heavy atom. The molecule has 1 aliphatic heterocycles. The van der Waals surface area contributed by atoms with Crippen LogP contribution in [0.2, 0.25) is 0 Å². The van der Waals surface area contributed by atoms with Gasteiger partial charge in [-0.3, -0.25) is 9.59 Å². The molecule has 30 heavy (non-hydrogen) atoms. The summed E-state index contributed by atoms with van der Waals surface area (Å²) in [6.07, 6.45) is 0.751. The van der Waals surface area contributed by atoms with Gasteiger partial charge in [-0.05, 0) is 61.7 Å². The Bertz CT molecular complexity index is 1050. The number of rotatable bonds is 5. The van der Waals surface area contributed by atoms with Crippen LogP contribution in [0.4, 0.5) is 10.1 Å². The van der Waals surface area contributed by atoms with Crippen LogP contribution >= 0.6 is 0 Å². The standard InChI is InChI=1S/C21H24FN3O4S/c1-14-3-4-16(20(26)23-2)13-19(14)24-21(27)15-9-11-25(12-10-15)30(28,29)18-7-5-17(22)6-8-18/h3-8,13,15H,9-12H2,1-2H3,(H,23,26)(H,24,27). The van der Waals surface area contributed by atoms with Gasteiger partial charge in [0.05, 0.1) is 4.90 Å². The molecule has 0 unspecified atom stereocenters. The van der Waals surface area contributed by atoms with Crippen LogP contribution in [0.5, 0.6) is 0 Å². The zero-order chi connectivity index (χ0) is 21.9. The maximum absolute atomic E-state index is 13.1. The van der Waals surface area contributed by atoms with Crippen molar-refractivity contribution in [2.24, 2.45) is 5.92 Å². The van der Waals surface area contributed by atoms with Crippen LogP contribution in [0, 0.1) is 18.7 Å². The van der Waals surface area contributed by atoms with Crippen LogP contribution in [0.1, 0.15) is 28.8 Å². The van der Waals surface area contributed by atoms with Gasteiger partial charge in [-0.15, -0.1) is 0 Å². The molecule has 0 bridgehead atoms. The van der Waals surface area contributed by atoms with Crippen LogP contribution in [-0.4, -0.2) is 44.7 Å². The molecule has 0 aliphatic carbocycles. The lowest BCUT2D eigenvalue weighted by molar-refractivity contribution is -0.120. The fraction of sp³-hybridized carbons (Fsp3) is 0.333. The van der Waals surface area contributed by atoms with E-state index in [4.69, 9.17) is 0 Å². The summed E-state index contributed by atoms with van der Waals surface area (Å²) < 4.78 is 39.8. The highest BCUT2D eigenvalue weighted by Gasteiger charge is 2.32. The minimum atomic E-state index is -3.72. The van der Waals surface area contributed by atoms with Crippen molar-refractivity contribution in [1.82, 2.24) is 9.62 Å². The number of halogens is 1. The van der Waals surface area contributed by atoms with Crippen LogP contribution in [0.15, 0.2) is 47.4 Å². The largest absolute Gasteiger partial charge is 0.355 e. The zero-order valence-electron chi connectivity index (χ0n) is 16.8. The van der Waals surface area contributed by atoms with Gasteiger partial charge in [0.15, 0.2) is 0 Å². The number of amides is 2. The summed E-state index contributed by atoms with van der Waals surface area (Å²) >= 11 is 0. The summed E-state index contributed by atoms with van der Waals surface area (Å²) in [5.74, 6) is -1.29. The van der Waals surface area contributed by atoms with E-state index < -0.39 is 15.8 Å². The van der Waals surface area contributed by atoms with Gasteiger partial charge in [0, 0.05) is 37.3 Å². The number of nitrogens with zero attached hydrogens (tertiary/aromatic N) is 1. The second-order valence-corrected chi connectivity index (χ2v) is 9.17. The van der Waals surface area contributed by atoms with Crippen molar-refractivity contribution in [2.45, 2.75) is 24.7 Å². The first kappa shape index (κ1) is 21.9. The number of hydrogen-bond acceptors (Lipinski definition) is 4. The number of aryl methyl sites for hydroxylation is 1. The third kappa shape index (κ3) is 4.68. The Morgan fingerprint density at radius 1 is 1.07 bits per heavy atom. The molecule has 1 heterocycles. The lowest BCUT2D eigenvalue weighted by Crippen LogP contribution is -2.41. The molecule has 2 amide bonds. The summed E-state index contributed by atoms with van der Waals surface area (Å²) in [6, 6.07) is 9.78. The smallest absolute Gasteiger partial charge is 0.251 e. The molecule has 2 aromatic carbocycles. The monoisotopic (exact) mass is 433 g/mol. The van der Waals surface area contributed by atoms with E-state index in [1.807, 2.05) is 6.92 Å². The van der Waals surface area contributed by atoms with Gasteiger partial charge >= 0.3 is 0 Å². The molecule has 0 spiro atoms. The minimum Gasteiger partial charge on any atom is -0.355 e. The average Bonchev–Trinajstić information content (AvgIpc) is 2.75. The van der Waals surface area contributed by atoms with E-state index in [-0.39, 0.29) is 35.7 Å². The highest BCUT2D eigenvalue weighted by Crippen LogP contribution is 2.26. The zero-order valence-corrected chi connectivity index (χ0v) is 17.6. The highest BCUT2D eigenvalue weighted by atomic mass is 32.2. The van der Waals surface area contributed by atoms with E-state index in [0.717, 1.165) is 17.7 Å². The number of carbonyl (C=O) groups is 2. The Morgan fingerprint density at radius 3 is 2.30 bits per heavy atom. The fourth-order valence-electron chi connectivity index (χ4n) is 3.39. The molecule has 0 saturated carbocycles. The van der Waals surface area contributed by atoms with Crippen LogP contribution in [-0.2, 0) is 14.8 Å². The minimum absolute atomic E-state index is 0.0356. The molecule has 3 rings (SSSR count). The van der Waals surface area contributed by atoms with Gasteiger partial charge in [0.2, 0.25) is 15.9 Å². The second-order valence-electron chi connectivity index (χ2n) is 7.23. The molecule has 1 fully saturated rings. The van der Waals surface area contributed by atoms with Gasteiger partial charge in [-0.1, -0.05) is 6.07 Å². The van der Waals surface area contributed by atoms with Gasteiger partial charge in [0.1, 0.15) is 5.82 Å². The number of anilines is 1.